The van der Waals surface area contributed by atoms with Crippen LogP contribution in [-0.4, -0.2) is 45.4 Å². The Kier molecular flexibility index (Phi) is 5.88. The third-order valence-corrected chi connectivity index (χ3v) is 4.09. The van der Waals surface area contributed by atoms with E-state index >= 15 is 0 Å². The third kappa shape index (κ3) is 4.11. The zero-order chi connectivity index (χ0) is 20.1. The molecule has 0 saturated heterocycles. The molecule has 3 rings (SSSR count). The summed E-state index contributed by atoms with van der Waals surface area (Å²) in [6.45, 7) is 2.41. The van der Waals surface area contributed by atoms with Crippen molar-refractivity contribution in [2.45, 2.75) is 13.0 Å². The average Bonchev–Trinajstić information content (AvgIpc) is 2.72. The first kappa shape index (κ1) is 19.3. The van der Waals surface area contributed by atoms with Crippen LogP contribution in [0.2, 0.25) is 0 Å². The van der Waals surface area contributed by atoms with Crippen LogP contribution in [0, 0.1) is 0 Å². The van der Waals surface area contributed by atoms with Crippen LogP contribution in [0.15, 0.2) is 36.4 Å². The van der Waals surface area contributed by atoms with Crippen molar-refractivity contribution in [3.8, 4) is 23.0 Å². The number of hydrogen-bond acceptors (Lipinski definition) is 7. The van der Waals surface area contributed by atoms with Crippen molar-refractivity contribution in [1.29, 1.82) is 0 Å². The maximum atomic E-state index is 12.5. The molecule has 1 atom stereocenters. The smallest absolute Gasteiger partial charge is 0.342 e. The van der Waals surface area contributed by atoms with Crippen LogP contribution >= 0.6 is 0 Å². The summed E-state index contributed by atoms with van der Waals surface area (Å²) < 4.78 is 26.6. The molecule has 0 radical (unpaired) electrons. The summed E-state index contributed by atoms with van der Waals surface area (Å²) in [4.78, 5) is 24.9. The molecule has 0 aliphatic carbocycles. The number of esters is 1. The van der Waals surface area contributed by atoms with Crippen LogP contribution in [0.4, 0.5) is 5.69 Å². The predicted molar refractivity (Wildman–Crippen MR) is 100 cm³/mol. The Morgan fingerprint density at radius 2 is 1.79 bits per heavy atom. The van der Waals surface area contributed by atoms with E-state index in [-0.39, 0.29) is 11.3 Å². The Morgan fingerprint density at radius 1 is 1.04 bits per heavy atom. The van der Waals surface area contributed by atoms with Crippen molar-refractivity contribution in [3.63, 3.8) is 0 Å². The van der Waals surface area contributed by atoms with Gasteiger partial charge in [0.1, 0.15) is 18.8 Å². The molecule has 1 N–H and O–H groups in total. The number of rotatable bonds is 6. The lowest BCUT2D eigenvalue weighted by molar-refractivity contribution is -0.123. The Morgan fingerprint density at radius 3 is 2.50 bits per heavy atom. The van der Waals surface area contributed by atoms with Crippen LogP contribution in [-0.2, 0) is 9.53 Å². The highest BCUT2D eigenvalue weighted by atomic mass is 16.6. The summed E-state index contributed by atoms with van der Waals surface area (Å²) in [5.74, 6) is 0.635. The Labute approximate surface area is 162 Å². The second-order valence-corrected chi connectivity index (χ2v) is 5.94. The molecule has 0 unspecified atom stereocenters. The van der Waals surface area contributed by atoms with E-state index in [1.54, 1.807) is 30.3 Å². The quantitative estimate of drug-likeness (QED) is 0.762. The fraction of sp³-hybridized carbons (Fsp3) is 0.300. The molecule has 8 nitrogen and oxygen atoms in total. The van der Waals surface area contributed by atoms with Gasteiger partial charge in [-0.05, 0) is 31.2 Å². The molecule has 148 valence electrons. The van der Waals surface area contributed by atoms with Crippen molar-refractivity contribution < 1.29 is 33.3 Å². The van der Waals surface area contributed by atoms with Crippen molar-refractivity contribution in [2.24, 2.45) is 0 Å². The lowest BCUT2D eigenvalue weighted by Crippen LogP contribution is -2.30. The maximum absolute atomic E-state index is 12.5. The molecule has 0 bridgehead atoms. The number of anilines is 1. The van der Waals surface area contributed by atoms with Gasteiger partial charge in [-0.15, -0.1) is 0 Å². The van der Waals surface area contributed by atoms with Gasteiger partial charge in [0.15, 0.2) is 29.1 Å². The topological polar surface area (TPSA) is 92.3 Å². The molecule has 1 heterocycles. The molecule has 2 aromatic rings. The molecule has 1 aliphatic rings. The average molecular weight is 387 g/mol. The van der Waals surface area contributed by atoms with E-state index < -0.39 is 18.0 Å². The summed E-state index contributed by atoms with van der Waals surface area (Å²) >= 11 is 0. The number of carbonyl (C=O) groups excluding carboxylic acids is 2. The number of fused-ring (bicyclic) bond motifs is 1. The summed E-state index contributed by atoms with van der Waals surface area (Å²) in [6.07, 6.45) is -1.03. The molecule has 0 aromatic heterocycles. The highest BCUT2D eigenvalue weighted by Crippen LogP contribution is 2.33. The van der Waals surface area contributed by atoms with Gasteiger partial charge < -0.3 is 29.0 Å². The molecular formula is C20H21NO7. The molecule has 0 spiro atoms. The van der Waals surface area contributed by atoms with Gasteiger partial charge in [-0.3, -0.25) is 4.79 Å². The zero-order valence-electron chi connectivity index (χ0n) is 15.8. The third-order valence-electron chi connectivity index (χ3n) is 4.09. The molecule has 0 saturated carbocycles. The van der Waals surface area contributed by atoms with E-state index in [1.165, 1.54) is 27.2 Å². The SMILES string of the molecule is COc1cccc(C(=O)O[C@@H](C)C(=O)Nc2ccc3c(c2)OCCO3)c1OC. The fourth-order valence-corrected chi connectivity index (χ4v) is 2.69. The Balaban J connectivity index is 1.67. The maximum Gasteiger partial charge on any atom is 0.342 e. The lowest BCUT2D eigenvalue weighted by Gasteiger charge is -2.19. The van der Waals surface area contributed by atoms with E-state index in [1.807, 2.05) is 0 Å². The monoisotopic (exact) mass is 387 g/mol. The molecule has 2 aromatic carbocycles. The van der Waals surface area contributed by atoms with Crippen LogP contribution in [0.5, 0.6) is 23.0 Å². The number of methoxy groups -OCH3 is 2. The summed E-state index contributed by atoms with van der Waals surface area (Å²) in [5.41, 5.74) is 0.678. The lowest BCUT2D eigenvalue weighted by atomic mass is 10.2. The second kappa shape index (κ2) is 8.51. The van der Waals surface area contributed by atoms with E-state index in [9.17, 15) is 9.59 Å². The molecule has 8 heteroatoms. The van der Waals surface area contributed by atoms with Gasteiger partial charge >= 0.3 is 5.97 Å². The number of para-hydroxylation sites is 1. The first-order valence-corrected chi connectivity index (χ1v) is 8.66. The first-order chi connectivity index (χ1) is 13.5. The van der Waals surface area contributed by atoms with Gasteiger partial charge in [0, 0.05) is 11.8 Å². The first-order valence-electron chi connectivity index (χ1n) is 8.66. The van der Waals surface area contributed by atoms with E-state index in [4.69, 9.17) is 23.7 Å². The highest BCUT2D eigenvalue weighted by molar-refractivity contribution is 5.98. The number of benzene rings is 2. The molecule has 1 amide bonds. The largest absolute Gasteiger partial charge is 0.493 e. The number of hydrogen-bond donors (Lipinski definition) is 1. The number of amides is 1. The summed E-state index contributed by atoms with van der Waals surface area (Å²) in [7, 11) is 2.89. The van der Waals surface area contributed by atoms with E-state index in [0.717, 1.165) is 0 Å². The molecule has 28 heavy (non-hydrogen) atoms. The van der Waals surface area contributed by atoms with Gasteiger partial charge in [-0.2, -0.15) is 0 Å². The van der Waals surface area contributed by atoms with Gasteiger partial charge in [0.05, 0.1) is 14.2 Å². The Hall–Kier alpha value is -3.42. The predicted octanol–water partition coefficient (Wildman–Crippen LogP) is 2.66. The van der Waals surface area contributed by atoms with Crippen LogP contribution < -0.4 is 24.3 Å². The summed E-state index contributed by atoms with van der Waals surface area (Å²) in [5, 5.41) is 2.69. The second-order valence-electron chi connectivity index (χ2n) is 5.94. The van der Waals surface area contributed by atoms with Gasteiger partial charge in [0.25, 0.3) is 5.91 Å². The van der Waals surface area contributed by atoms with E-state index in [2.05, 4.69) is 5.32 Å². The normalized spacial score (nSPS) is 13.2. The number of ether oxygens (including phenoxy) is 5. The summed E-state index contributed by atoms with van der Waals surface area (Å²) in [6, 6.07) is 9.89. The number of carbonyl (C=O) groups is 2. The molecule has 0 fully saturated rings. The number of nitrogens with one attached hydrogen (secondary N) is 1. The molecule has 1 aliphatic heterocycles. The van der Waals surface area contributed by atoms with Crippen molar-refractivity contribution in [1.82, 2.24) is 0 Å². The zero-order valence-corrected chi connectivity index (χ0v) is 15.8. The minimum Gasteiger partial charge on any atom is -0.493 e. The van der Waals surface area contributed by atoms with Gasteiger partial charge in [-0.25, -0.2) is 4.79 Å². The minimum absolute atomic E-state index is 0.167. The van der Waals surface area contributed by atoms with Crippen LogP contribution in [0.25, 0.3) is 0 Å². The van der Waals surface area contributed by atoms with Crippen molar-refractivity contribution >= 4 is 17.6 Å². The van der Waals surface area contributed by atoms with Crippen LogP contribution in [0.1, 0.15) is 17.3 Å². The van der Waals surface area contributed by atoms with Crippen molar-refractivity contribution in [2.75, 3.05) is 32.8 Å². The fourth-order valence-electron chi connectivity index (χ4n) is 2.69. The minimum atomic E-state index is -1.03. The Bertz CT molecular complexity index is 881. The van der Waals surface area contributed by atoms with Gasteiger partial charge in [0.2, 0.25) is 0 Å². The van der Waals surface area contributed by atoms with Gasteiger partial charge in [-0.1, -0.05) is 6.07 Å². The van der Waals surface area contributed by atoms with Crippen molar-refractivity contribution in [3.05, 3.63) is 42.0 Å². The van der Waals surface area contributed by atoms with Crippen LogP contribution in [0.3, 0.4) is 0 Å². The standard InChI is InChI=1S/C20H21NO7/c1-12(28-20(23)14-5-4-6-16(24-2)18(14)25-3)19(22)21-13-7-8-15-17(11-13)27-10-9-26-15/h4-8,11-12H,9-10H2,1-3H3,(H,21,22)/t12-/m0/s1. The molecular weight excluding hydrogens is 366 g/mol. The highest BCUT2D eigenvalue weighted by Gasteiger charge is 2.23. The van der Waals surface area contributed by atoms with E-state index in [0.29, 0.717) is 36.1 Å².